The van der Waals surface area contributed by atoms with E-state index in [1.807, 2.05) is 13.8 Å². The van der Waals surface area contributed by atoms with Gasteiger partial charge in [0.15, 0.2) is 0 Å². The van der Waals surface area contributed by atoms with Crippen molar-refractivity contribution in [2.24, 2.45) is 5.92 Å². The van der Waals surface area contributed by atoms with Crippen LogP contribution in [0.4, 0.5) is 0 Å². The summed E-state index contributed by atoms with van der Waals surface area (Å²) in [6.45, 7) is 4.26. The third kappa shape index (κ3) is 6.57. The van der Waals surface area contributed by atoms with E-state index in [9.17, 15) is 15.0 Å². The Bertz CT molecular complexity index is 444. The van der Waals surface area contributed by atoms with Crippen LogP contribution in [0.5, 0.6) is 5.75 Å². The smallest absolute Gasteiger partial charge is 0.244 e. The molecule has 0 aliphatic heterocycles. The molecule has 0 aromatic carbocycles. The summed E-state index contributed by atoms with van der Waals surface area (Å²) in [5.41, 5.74) is 0.637. The Morgan fingerprint density at radius 1 is 1.47 bits per heavy atom. The van der Waals surface area contributed by atoms with Crippen molar-refractivity contribution in [3.63, 3.8) is 0 Å². The van der Waals surface area contributed by atoms with Gasteiger partial charge in [0.25, 0.3) is 0 Å². The Morgan fingerprint density at radius 2 is 2.21 bits per heavy atom. The molecule has 0 saturated carbocycles. The fraction of sp³-hybridized carbons (Fsp3) is 0.429. The number of amides is 1. The van der Waals surface area contributed by atoms with E-state index in [2.05, 4.69) is 10.3 Å². The van der Waals surface area contributed by atoms with Crippen LogP contribution in [0, 0.1) is 5.92 Å². The fourth-order valence-electron chi connectivity index (χ4n) is 1.61. The van der Waals surface area contributed by atoms with E-state index >= 15 is 0 Å². The van der Waals surface area contributed by atoms with Gasteiger partial charge in [-0.3, -0.25) is 9.78 Å². The standard InChI is InChI=1S/C14H20N2O3/c1-10(2)5-12(17)9-16-14(19)4-3-11-6-13(18)8-15-7-11/h3-4,6-8,10,12,17-18H,5,9H2,1-2H3,(H,16,19)/b4-3+. The van der Waals surface area contributed by atoms with E-state index in [0.29, 0.717) is 17.9 Å². The third-order valence-electron chi connectivity index (χ3n) is 2.43. The highest BCUT2D eigenvalue weighted by molar-refractivity contribution is 5.91. The normalized spacial score (nSPS) is 12.8. The first-order valence-electron chi connectivity index (χ1n) is 6.25. The molecule has 0 bridgehead atoms. The molecule has 1 aromatic heterocycles. The zero-order valence-electron chi connectivity index (χ0n) is 11.2. The Kier molecular flexibility index (Phi) is 6.02. The zero-order valence-corrected chi connectivity index (χ0v) is 11.2. The van der Waals surface area contributed by atoms with Crippen LogP contribution in [-0.2, 0) is 4.79 Å². The molecule has 1 amide bonds. The number of nitrogens with zero attached hydrogens (tertiary/aromatic N) is 1. The molecule has 19 heavy (non-hydrogen) atoms. The molecule has 5 heteroatoms. The molecule has 0 radical (unpaired) electrons. The molecule has 1 rings (SSSR count). The number of hydrogen-bond acceptors (Lipinski definition) is 4. The number of carbonyl (C=O) groups is 1. The minimum absolute atomic E-state index is 0.0508. The quantitative estimate of drug-likeness (QED) is 0.677. The summed E-state index contributed by atoms with van der Waals surface area (Å²) in [5, 5.41) is 21.4. The summed E-state index contributed by atoms with van der Waals surface area (Å²) in [6.07, 6.45) is 5.88. The second kappa shape index (κ2) is 7.53. The number of aromatic nitrogens is 1. The second-order valence-corrected chi connectivity index (χ2v) is 4.84. The molecule has 1 aromatic rings. The van der Waals surface area contributed by atoms with Gasteiger partial charge in [0, 0.05) is 18.8 Å². The van der Waals surface area contributed by atoms with Crippen molar-refractivity contribution in [1.82, 2.24) is 10.3 Å². The lowest BCUT2D eigenvalue weighted by molar-refractivity contribution is -0.116. The van der Waals surface area contributed by atoms with Crippen LogP contribution in [0.1, 0.15) is 25.8 Å². The van der Waals surface area contributed by atoms with Crippen molar-refractivity contribution in [1.29, 1.82) is 0 Å². The highest BCUT2D eigenvalue weighted by Gasteiger charge is 2.07. The molecule has 0 spiro atoms. The van der Waals surface area contributed by atoms with Crippen LogP contribution in [0.25, 0.3) is 6.08 Å². The molecule has 0 saturated heterocycles. The molecule has 0 aliphatic carbocycles. The van der Waals surface area contributed by atoms with Crippen molar-refractivity contribution in [3.05, 3.63) is 30.1 Å². The summed E-state index contributed by atoms with van der Waals surface area (Å²) in [6, 6.07) is 1.50. The summed E-state index contributed by atoms with van der Waals surface area (Å²) in [4.78, 5) is 15.3. The Labute approximate surface area is 113 Å². The van der Waals surface area contributed by atoms with E-state index in [1.165, 1.54) is 24.5 Å². The second-order valence-electron chi connectivity index (χ2n) is 4.84. The zero-order chi connectivity index (χ0) is 14.3. The molecule has 1 heterocycles. The highest BCUT2D eigenvalue weighted by atomic mass is 16.3. The first kappa shape index (κ1) is 15.2. The van der Waals surface area contributed by atoms with Crippen LogP contribution in [0.2, 0.25) is 0 Å². The monoisotopic (exact) mass is 264 g/mol. The van der Waals surface area contributed by atoms with Crippen molar-refractivity contribution in [3.8, 4) is 5.75 Å². The first-order chi connectivity index (χ1) is 8.97. The maximum atomic E-state index is 11.5. The van der Waals surface area contributed by atoms with Gasteiger partial charge in [-0.15, -0.1) is 0 Å². The Hall–Kier alpha value is -1.88. The van der Waals surface area contributed by atoms with Crippen molar-refractivity contribution >= 4 is 12.0 Å². The van der Waals surface area contributed by atoms with Gasteiger partial charge in [-0.1, -0.05) is 13.8 Å². The van der Waals surface area contributed by atoms with Crippen LogP contribution in [-0.4, -0.2) is 33.8 Å². The summed E-state index contributed by atoms with van der Waals surface area (Å²) in [7, 11) is 0. The average Bonchev–Trinajstić information content (AvgIpc) is 2.33. The van der Waals surface area contributed by atoms with Gasteiger partial charge in [-0.05, 0) is 30.0 Å². The number of carbonyl (C=O) groups excluding carboxylic acids is 1. The van der Waals surface area contributed by atoms with Gasteiger partial charge in [0.1, 0.15) is 5.75 Å². The molecule has 1 atom stereocenters. The fourth-order valence-corrected chi connectivity index (χ4v) is 1.61. The largest absolute Gasteiger partial charge is 0.506 e. The number of aliphatic hydroxyl groups excluding tert-OH is 1. The van der Waals surface area contributed by atoms with Gasteiger partial charge in [0.2, 0.25) is 5.91 Å². The summed E-state index contributed by atoms with van der Waals surface area (Å²) >= 11 is 0. The number of aliphatic hydroxyl groups is 1. The molecule has 104 valence electrons. The van der Waals surface area contributed by atoms with E-state index in [1.54, 1.807) is 6.08 Å². The predicted octanol–water partition coefficient (Wildman–Crippen LogP) is 1.32. The molecule has 5 nitrogen and oxygen atoms in total. The lowest BCUT2D eigenvalue weighted by Crippen LogP contribution is -2.31. The minimum Gasteiger partial charge on any atom is -0.506 e. The number of rotatable bonds is 6. The number of pyridine rings is 1. The number of hydrogen-bond donors (Lipinski definition) is 3. The summed E-state index contributed by atoms with van der Waals surface area (Å²) < 4.78 is 0. The lowest BCUT2D eigenvalue weighted by atomic mass is 10.1. The van der Waals surface area contributed by atoms with Gasteiger partial charge < -0.3 is 15.5 Å². The average molecular weight is 264 g/mol. The van der Waals surface area contributed by atoms with Gasteiger partial charge in [-0.25, -0.2) is 0 Å². The van der Waals surface area contributed by atoms with E-state index in [4.69, 9.17) is 0 Å². The third-order valence-corrected chi connectivity index (χ3v) is 2.43. The Morgan fingerprint density at radius 3 is 2.84 bits per heavy atom. The molecule has 1 unspecified atom stereocenters. The summed E-state index contributed by atoms with van der Waals surface area (Å²) in [5.74, 6) is 0.155. The highest BCUT2D eigenvalue weighted by Crippen LogP contribution is 2.09. The topological polar surface area (TPSA) is 82.5 Å². The van der Waals surface area contributed by atoms with Crippen LogP contribution < -0.4 is 5.32 Å². The molecular formula is C14H20N2O3. The maximum Gasteiger partial charge on any atom is 0.244 e. The van der Waals surface area contributed by atoms with Crippen molar-refractivity contribution in [2.75, 3.05) is 6.54 Å². The molecular weight excluding hydrogens is 244 g/mol. The number of aromatic hydroxyl groups is 1. The molecule has 0 fully saturated rings. The van der Waals surface area contributed by atoms with Crippen LogP contribution in [0.15, 0.2) is 24.5 Å². The van der Waals surface area contributed by atoms with Gasteiger partial charge >= 0.3 is 0 Å². The lowest BCUT2D eigenvalue weighted by Gasteiger charge is -2.12. The minimum atomic E-state index is -0.528. The SMILES string of the molecule is CC(C)CC(O)CNC(=O)/C=C/c1cncc(O)c1. The number of nitrogens with one attached hydrogen (secondary N) is 1. The van der Waals surface area contributed by atoms with Crippen LogP contribution >= 0.6 is 0 Å². The maximum absolute atomic E-state index is 11.5. The first-order valence-corrected chi connectivity index (χ1v) is 6.25. The van der Waals surface area contributed by atoms with Crippen molar-refractivity contribution < 1.29 is 15.0 Å². The van der Waals surface area contributed by atoms with Crippen LogP contribution in [0.3, 0.4) is 0 Å². The van der Waals surface area contributed by atoms with E-state index < -0.39 is 6.10 Å². The van der Waals surface area contributed by atoms with Gasteiger partial charge in [0.05, 0.1) is 12.3 Å². The van der Waals surface area contributed by atoms with Crippen molar-refractivity contribution in [2.45, 2.75) is 26.4 Å². The Balaban J connectivity index is 2.39. The van der Waals surface area contributed by atoms with Gasteiger partial charge in [-0.2, -0.15) is 0 Å². The molecule has 3 N–H and O–H groups in total. The van der Waals surface area contributed by atoms with E-state index in [-0.39, 0.29) is 18.2 Å². The molecule has 0 aliphatic rings. The predicted molar refractivity (Wildman–Crippen MR) is 73.4 cm³/mol. The van der Waals surface area contributed by atoms with E-state index in [0.717, 1.165) is 0 Å².